The lowest BCUT2D eigenvalue weighted by Crippen LogP contribution is -2.32. The molecule has 1 fully saturated rings. The van der Waals surface area contributed by atoms with Crippen LogP contribution in [0.25, 0.3) is 0 Å². The van der Waals surface area contributed by atoms with Crippen LogP contribution < -0.4 is 5.32 Å². The Bertz CT molecular complexity index is 736. The highest BCUT2D eigenvalue weighted by Crippen LogP contribution is 2.36. The molecule has 0 heterocycles. The number of halogens is 1. The Morgan fingerprint density at radius 1 is 1.32 bits per heavy atom. The highest BCUT2D eigenvalue weighted by molar-refractivity contribution is 5.88. The lowest BCUT2D eigenvalue weighted by molar-refractivity contribution is -0.490. The molecule has 28 heavy (non-hydrogen) atoms. The zero-order valence-electron chi connectivity index (χ0n) is 15.6. The van der Waals surface area contributed by atoms with Gasteiger partial charge in [-0.1, -0.05) is 19.1 Å². The molecule has 8 nitrogen and oxygen atoms in total. The highest BCUT2D eigenvalue weighted by Gasteiger charge is 2.44. The first-order valence-electron chi connectivity index (χ1n) is 9.07. The monoisotopic (exact) mass is 394 g/mol. The molecular formula is C19H23FN2O6. The Balaban J connectivity index is 1.72. The van der Waals surface area contributed by atoms with E-state index in [1.165, 1.54) is 12.1 Å². The minimum atomic E-state index is -0.741. The van der Waals surface area contributed by atoms with Crippen LogP contribution in [0.5, 0.6) is 0 Å². The quantitative estimate of drug-likeness (QED) is 0.386. The minimum Gasteiger partial charge on any atom is -0.456 e. The van der Waals surface area contributed by atoms with Gasteiger partial charge in [-0.3, -0.25) is 24.5 Å². The van der Waals surface area contributed by atoms with Gasteiger partial charge in [0.05, 0.1) is 6.42 Å². The average Bonchev–Trinajstić information content (AvgIpc) is 2.88. The lowest BCUT2D eigenvalue weighted by Gasteiger charge is -2.17. The van der Waals surface area contributed by atoms with E-state index < -0.39 is 35.2 Å². The zero-order valence-corrected chi connectivity index (χ0v) is 15.6. The second-order valence-electron chi connectivity index (χ2n) is 7.02. The summed E-state index contributed by atoms with van der Waals surface area (Å²) < 4.78 is 17.7. The maximum absolute atomic E-state index is 12.8. The van der Waals surface area contributed by atoms with Crippen molar-refractivity contribution in [2.75, 3.05) is 19.7 Å². The molecule has 0 aromatic heterocycles. The summed E-state index contributed by atoms with van der Waals surface area (Å²) >= 11 is 0. The summed E-state index contributed by atoms with van der Waals surface area (Å²) in [6.45, 7) is 1.20. The fourth-order valence-corrected chi connectivity index (χ4v) is 3.43. The number of hydrogen-bond donors (Lipinski definition) is 1. The molecule has 0 radical (unpaired) electrons. The third-order valence-electron chi connectivity index (χ3n) is 4.94. The molecule has 1 amide bonds. The minimum absolute atomic E-state index is 0.162. The van der Waals surface area contributed by atoms with Crippen LogP contribution in [0.4, 0.5) is 4.39 Å². The highest BCUT2D eigenvalue weighted by atomic mass is 19.1. The van der Waals surface area contributed by atoms with E-state index in [9.17, 15) is 28.9 Å². The fourth-order valence-electron chi connectivity index (χ4n) is 3.43. The molecule has 152 valence electrons. The number of nitrogens with one attached hydrogen (secondary N) is 1. The van der Waals surface area contributed by atoms with Gasteiger partial charge < -0.3 is 10.1 Å². The number of ketones is 1. The molecular weight excluding hydrogens is 371 g/mol. The maximum atomic E-state index is 12.8. The molecule has 1 N–H and O–H groups in total. The molecule has 0 unspecified atom stereocenters. The van der Waals surface area contributed by atoms with E-state index in [4.69, 9.17) is 4.74 Å². The number of nitrogens with zero attached hydrogens (tertiary/aromatic N) is 1. The third-order valence-corrected chi connectivity index (χ3v) is 4.94. The Hall–Kier alpha value is -2.84. The number of esters is 1. The SMILES string of the molecule is C[C@@H]1CC(=O)[C@H](CC(=O)OCC(=O)NCCc2ccc(F)cc2)[C@@H]1C[N+](=O)[O-]. The predicted octanol–water partition coefficient (Wildman–Crippen LogP) is 1.54. The lowest BCUT2D eigenvalue weighted by atomic mass is 9.88. The summed E-state index contributed by atoms with van der Waals surface area (Å²) in [7, 11) is 0. The van der Waals surface area contributed by atoms with Gasteiger partial charge in [-0.25, -0.2) is 4.39 Å². The number of hydrogen-bond acceptors (Lipinski definition) is 6. The summed E-state index contributed by atoms with van der Waals surface area (Å²) in [6.07, 6.45) is 0.446. The van der Waals surface area contributed by atoms with Gasteiger partial charge >= 0.3 is 5.97 Å². The number of carbonyl (C=O) groups is 3. The van der Waals surface area contributed by atoms with Crippen LogP contribution >= 0.6 is 0 Å². The third kappa shape index (κ3) is 6.40. The maximum Gasteiger partial charge on any atom is 0.307 e. The van der Waals surface area contributed by atoms with Gasteiger partial charge in [-0.2, -0.15) is 0 Å². The van der Waals surface area contributed by atoms with Gasteiger partial charge in [-0.15, -0.1) is 0 Å². The second kappa shape index (κ2) is 9.91. The van der Waals surface area contributed by atoms with Crippen molar-refractivity contribution in [1.82, 2.24) is 5.32 Å². The van der Waals surface area contributed by atoms with Crippen LogP contribution in [0, 0.1) is 33.7 Å². The van der Waals surface area contributed by atoms with Crippen LogP contribution in [0.1, 0.15) is 25.3 Å². The van der Waals surface area contributed by atoms with E-state index in [1.807, 2.05) is 0 Å². The number of ether oxygens (including phenoxy) is 1. The zero-order chi connectivity index (χ0) is 20.7. The summed E-state index contributed by atoms with van der Waals surface area (Å²) in [4.78, 5) is 46.0. The summed E-state index contributed by atoms with van der Waals surface area (Å²) in [5.41, 5.74) is 0.851. The number of Topliss-reactive ketones (excluding diaryl/α,β-unsaturated/α-hetero) is 1. The number of carbonyl (C=O) groups excluding carboxylic acids is 3. The number of amides is 1. The molecule has 0 aliphatic heterocycles. The van der Waals surface area contributed by atoms with E-state index in [-0.39, 0.29) is 36.9 Å². The number of rotatable bonds is 9. The first-order chi connectivity index (χ1) is 13.3. The molecule has 1 saturated carbocycles. The van der Waals surface area contributed by atoms with Crippen molar-refractivity contribution >= 4 is 17.7 Å². The van der Waals surface area contributed by atoms with E-state index in [2.05, 4.69) is 5.32 Å². The normalized spacial score (nSPS) is 21.4. The van der Waals surface area contributed by atoms with Crippen LogP contribution in [0.2, 0.25) is 0 Å². The summed E-state index contributed by atoms with van der Waals surface area (Å²) in [5.74, 6) is -3.15. The van der Waals surface area contributed by atoms with Crippen molar-refractivity contribution in [2.24, 2.45) is 17.8 Å². The van der Waals surface area contributed by atoms with Gasteiger partial charge in [0.25, 0.3) is 5.91 Å². The van der Waals surface area contributed by atoms with Crippen LogP contribution in [0.15, 0.2) is 24.3 Å². The molecule has 1 aromatic carbocycles. The first kappa shape index (κ1) is 21.5. The number of nitro groups is 1. The van der Waals surface area contributed by atoms with Crippen molar-refractivity contribution in [3.05, 3.63) is 45.8 Å². The number of benzene rings is 1. The van der Waals surface area contributed by atoms with Gasteiger partial charge in [0.1, 0.15) is 11.6 Å². The molecule has 0 spiro atoms. The van der Waals surface area contributed by atoms with Gasteiger partial charge in [0, 0.05) is 29.7 Å². The first-order valence-corrected chi connectivity index (χ1v) is 9.07. The standard InChI is InChI=1S/C19H23FN2O6/c1-12-8-17(23)15(16(12)10-22(26)27)9-19(25)28-11-18(24)21-7-6-13-2-4-14(20)5-3-13/h2-5,12,15-16H,6-11H2,1H3,(H,21,24)/t12-,15-,16-/m1/s1. The van der Waals surface area contributed by atoms with Crippen LogP contribution in [0.3, 0.4) is 0 Å². The molecule has 1 aromatic rings. The Kier molecular flexibility index (Phi) is 7.60. The Morgan fingerprint density at radius 3 is 2.64 bits per heavy atom. The molecule has 0 bridgehead atoms. The largest absolute Gasteiger partial charge is 0.456 e. The van der Waals surface area contributed by atoms with Crippen LogP contribution in [-0.2, 0) is 25.5 Å². The fraction of sp³-hybridized carbons (Fsp3) is 0.526. The average molecular weight is 394 g/mol. The van der Waals surface area contributed by atoms with Crippen LogP contribution in [-0.4, -0.2) is 42.3 Å². The Labute approximate surface area is 161 Å². The van der Waals surface area contributed by atoms with E-state index in [1.54, 1.807) is 19.1 Å². The molecule has 3 atom stereocenters. The van der Waals surface area contributed by atoms with Crippen molar-refractivity contribution in [1.29, 1.82) is 0 Å². The molecule has 1 aliphatic rings. The van der Waals surface area contributed by atoms with E-state index in [0.717, 1.165) is 5.56 Å². The molecule has 0 saturated heterocycles. The van der Waals surface area contributed by atoms with Gasteiger partial charge in [-0.05, 0) is 30.0 Å². The van der Waals surface area contributed by atoms with Gasteiger partial charge in [0.15, 0.2) is 6.61 Å². The predicted molar refractivity (Wildman–Crippen MR) is 96.3 cm³/mol. The topological polar surface area (TPSA) is 116 Å². The van der Waals surface area contributed by atoms with Crippen molar-refractivity contribution < 1.29 is 28.4 Å². The van der Waals surface area contributed by atoms with Crippen molar-refractivity contribution in [3.8, 4) is 0 Å². The summed E-state index contributed by atoms with van der Waals surface area (Å²) in [5, 5.41) is 13.4. The molecule has 2 rings (SSSR count). The molecule has 1 aliphatic carbocycles. The van der Waals surface area contributed by atoms with E-state index in [0.29, 0.717) is 13.0 Å². The van der Waals surface area contributed by atoms with E-state index >= 15 is 0 Å². The van der Waals surface area contributed by atoms with Crippen molar-refractivity contribution in [3.63, 3.8) is 0 Å². The van der Waals surface area contributed by atoms with Gasteiger partial charge in [0.2, 0.25) is 6.54 Å². The van der Waals surface area contributed by atoms with Crippen molar-refractivity contribution in [2.45, 2.75) is 26.2 Å². The Morgan fingerprint density at radius 2 is 2.00 bits per heavy atom. The molecule has 9 heteroatoms. The smallest absolute Gasteiger partial charge is 0.307 e. The second-order valence-corrected chi connectivity index (χ2v) is 7.02. The summed E-state index contributed by atoms with van der Waals surface area (Å²) in [6, 6.07) is 5.89.